The number of benzene rings is 2. The topological polar surface area (TPSA) is 55.4 Å². The first-order chi connectivity index (χ1) is 11.0. The van der Waals surface area contributed by atoms with Crippen LogP contribution in [0.2, 0.25) is 5.02 Å². The average Bonchev–Trinajstić information content (AvgIpc) is 2.54. The van der Waals surface area contributed by atoms with E-state index < -0.39 is 24.3 Å². The first-order valence-electron chi connectivity index (χ1n) is 6.99. The molecule has 120 valence electrons. The summed E-state index contributed by atoms with van der Waals surface area (Å²) in [5.74, 6) is -1.75. The minimum atomic E-state index is -0.652. The van der Waals surface area contributed by atoms with E-state index >= 15 is 0 Å². The molecule has 0 atom stereocenters. The van der Waals surface area contributed by atoms with Crippen LogP contribution < -0.4 is 5.32 Å². The summed E-state index contributed by atoms with van der Waals surface area (Å²) >= 11 is 5.62. The van der Waals surface area contributed by atoms with Crippen molar-refractivity contribution in [1.29, 1.82) is 0 Å². The van der Waals surface area contributed by atoms with Gasteiger partial charge in [-0.05, 0) is 30.2 Å². The van der Waals surface area contributed by atoms with Gasteiger partial charge in [0.05, 0.1) is 5.69 Å². The molecule has 0 fully saturated rings. The van der Waals surface area contributed by atoms with Crippen molar-refractivity contribution < 1.29 is 18.7 Å². The van der Waals surface area contributed by atoms with Gasteiger partial charge < -0.3 is 10.1 Å². The zero-order valence-corrected chi connectivity index (χ0v) is 13.0. The van der Waals surface area contributed by atoms with Gasteiger partial charge in [-0.2, -0.15) is 0 Å². The Hall–Kier alpha value is -2.40. The van der Waals surface area contributed by atoms with Gasteiger partial charge in [0, 0.05) is 11.4 Å². The molecule has 0 saturated heterocycles. The number of amides is 1. The summed E-state index contributed by atoms with van der Waals surface area (Å²) in [7, 11) is 0. The van der Waals surface area contributed by atoms with Crippen molar-refractivity contribution in [2.45, 2.75) is 12.8 Å². The molecule has 0 aliphatic rings. The van der Waals surface area contributed by atoms with Crippen LogP contribution in [-0.2, 0) is 20.7 Å². The highest BCUT2D eigenvalue weighted by molar-refractivity contribution is 6.30. The standard InChI is InChI=1S/C17H15ClFNO3/c18-13-7-8-15(14(19)10-13)20-16(21)11-23-17(22)9-6-12-4-2-1-3-5-12/h1-5,7-8,10H,6,9,11H2,(H,20,21). The summed E-state index contributed by atoms with van der Waals surface area (Å²) < 4.78 is 18.4. The molecule has 6 heteroatoms. The van der Waals surface area contributed by atoms with Gasteiger partial charge in [0.25, 0.3) is 5.91 Å². The Bertz CT molecular complexity index is 691. The van der Waals surface area contributed by atoms with Crippen molar-refractivity contribution in [3.8, 4) is 0 Å². The predicted molar refractivity (Wildman–Crippen MR) is 85.8 cm³/mol. The molecule has 2 aromatic carbocycles. The van der Waals surface area contributed by atoms with E-state index in [1.165, 1.54) is 12.1 Å². The molecule has 1 amide bonds. The molecular formula is C17H15ClFNO3. The Balaban J connectivity index is 1.74. The number of anilines is 1. The van der Waals surface area contributed by atoms with E-state index in [0.717, 1.165) is 11.6 Å². The first-order valence-corrected chi connectivity index (χ1v) is 7.37. The van der Waals surface area contributed by atoms with E-state index in [4.69, 9.17) is 16.3 Å². The number of aryl methyl sites for hydroxylation is 1. The Morgan fingerprint density at radius 2 is 1.87 bits per heavy atom. The van der Waals surface area contributed by atoms with Crippen LogP contribution in [0.5, 0.6) is 0 Å². The van der Waals surface area contributed by atoms with Gasteiger partial charge in [0.1, 0.15) is 5.82 Å². The van der Waals surface area contributed by atoms with Crippen LogP contribution in [0.1, 0.15) is 12.0 Å². The second-order valence-electron chi connectivity index (χ2n) is 4.82. The van der Waals surface area contributed by atoms with Crippen LogP contribution in [0.3, 0.4) is 0 Å². The highest BCUT2D eigenvalue weighted by Gasteiger charge is 2.10. The van der Waals surface area contributed by atoms with Gasteiger partial charge in [-0.15, -0.1) is 0 Å². The SMILES string of the molecule is O=C(COC(=O)CCc1ccccc1)Nc1ccc(Cl)cc1F. The van der Waals surface area contributed by atoms with E-state index in [0.29, 0.717) is 6.42 Å². The van der Waals surface area contributed by atoms with Crippen LogP contribution in [0, 0.1) is 5.82 Å². The fraction of sp³-hybridized carbons (Fsp3) is 0.176. The Labute approximate surface area is 138 Å². The van der Waals surface area contributed by atoms with Crippen LogP contribution in [0.15, 0.2) is 48.5 Å². The minimum absolute atomic E-state index is 0.0141. The molecular weight excluding hydrogens is 321 g/mol. The van der Waals surface area contributed by atoms with Crippen LogP contribution in [0.4, 0.5) is 10.1 Å². The lowest BCUT2D eigenvalue weighted by atomic mass is 10.1. The van der Waals surface area contributed by atoms with Gasteiger partial charge in [0.2, 0.25) is 0 Å². The maximum Gasteiger partial charge on any atom is 0.306 e. The Kier molecular flexibility index (Phi) is 6.11. The lowest BCUT2D eigenvalue weighted by Gasteiger charge is -2.07. The highest BCUT2D eigenvalue weighted by Crippen LogP contribution is 2.18. The number of ether oxygens (including phenoxy) is 1. The quantitative estimate of drug-likeness (QED) is 0.821. The number of esters is 1. The summed E-state index contributed by atoms with van der Waals surface area (Å²) in [5.41, 5.74) is 0.997. The zero-order valence-electron chi connectivity index (χ0n) is 12.2. The molecule has 2 aromatic rings. The van der Waals surface area contributed by atoms with E-state index in [1.807, 2.05) is 30.3 Å². The molecule has 0 saturated carbocycles. The molecule has 0 aromatic heterocycles. The largest absolute Gasteiger partial charge is 0.456 e. The maximum absolute atomic E-state index is 13.5. The fourth-order valence-corrected chi connectivity index (χ4v) is 2.05. The molecule has 0 spiro atoms. The molecule has 0 aliphatic carbocycles. The highest BCUT2D eigenvalue weighted by atomic mass is 35.5. The average molecular weight is 336 g/mol. The molecule has 1 N–H and O–H groups in total. The first kappa shape index (κ1) is 17.0. The van der Waals surface area contributed by atoms with Crippen LogP contribution >= 0.6 is 11.6 Å². The van der Waals surface area contributed by atoms with Gasteiger partial charge in [0.15, 0.2) is 6.61 Å². The molecule has 0 heterocycles. The van der Waals surface area contributed by atoms with Crippen molar-refractivity contribution in [1.82, 2.24) is 0 Å². The molecule has 23 heavy (non-hydrogen) atoms. The lowest BCUT2D eigenvalue weighted by molar-refractivity contribution is -0.147. The van der Waals surface area contributed by atoms with E-state index in [9.17, 15) is 14.0 Å². The number of carbonyl (C=O) groups excluding carboxylic acids is 2. The van der Waals surface area contributed by atoms with Gasteiger partial charge in [-0.3, -0.25) is 9.59 Å². The molecule has 0 aliphatic heterocycles. The predicted octanol–water partition coefficient (Wildman–Crippen LogP) is 3.59. The Morgan fingerprint density at radius 3 is 2.57 bits per heavy atom. The van der Waals surface area contributed by atoms with Crippen LogP contribution in [-0.4, -0.2) is 18.5 Å². The number of rotatable bonds is 6. The summed E-state index contributed by atoms with van der Waals surface area (Å²) in [5, 5.41) is 2.55. The summed E-state index contributed by atoms with van der Waals surface area (Å²) in [4.78, 5) is 23.2. The molecule has 0 unspecified atom stereocenters. The number of halogens is 2. The van der Waals surface area contributed by atoms with Crippen LogP contribution in [0.25, 0.3) is 0 Å². The maximum atomic E-state index is 13.5. The zero-order chi connectivity index (χ0) is 16.7. The van der Waals surface area contributed by atoms with Gasteiger partial charge >= 0.3 is 5.97 Å². The van der Waals surface area contributed by atoms with E-state index in [-0.39, 0.29) is 17.1 Å². The fourth-order valence-electron chi connectivity index (χ4n) is 1.89. The van der Waals surface area contributed by atoms with Gasteiger partial charge in [-0.25, -0.2) is 4.39 Å². The number of hydrogen-bond acceptors (Lipinski definition) is 3. The summed E-state index contributed by atoms with van der Waals surface area (Å²) in [6.07, 6.45) is 0.708. The number of hydrogen-bond donors (Lipinski definition) is 1. The van der Waals surface area contributed by atoms with Crippen molar-refractivity contribution in [3.63, 3.8) is 0 Å². The lowest BCUT2D eigenvalue weighted by Crippen LogP contribution is -2.21. The minimum Gasteiger partial charge on any atom is -0.456 e. The monoisotopic (exact) mass is 335 g/mol. The molecule has 2 rings (SSSR count). The van der Waals surface area contributed by atoms with Crippen molar-refractivity contribution in [2.75, 3.05) is 11.9 Å². The Morgan fingerprint density at radius 1 is 1.13 bits per heavy atom. The molecule has 4 nitrogen and oxygen atoms in total. The number of carbonyl (C=O) groups is 2. The van der Waals surface area contributed by atoms with Crippen molar-refractivity contribution in [3.05, 3.63) is 64.9 Å². The van der Waals surface area contributed by atoms with E-state index in [1.54, 1.807) is 0 Å². The second-order valence-corrected chi connectivity index (χ2v) is 5.26. The third kappa shape index (κ3) is 5.71. The van der Waals surface area contributed by atoms with E-state index in [2.05, 4.69) is 5.32 Å². The molecule has 0 radical (unpaired) electrons. The third-order valence-corrected chi connectivity index (χ3v) is 3.27. The molecule has 0 bridgehead atoms. The third-order valence-electron chi connectivity index (χ3n) is 3.03. The summed E-state index contributed by atoms with van der Waals surface area (Å²) in [6, 6.07) is 13.3. The van der Waals surface area contributed by atoms with Crippen molar-refractivity contribution >= 4 is 29.2 Å². The smallest absolute Gasteiger partial charge is 0.306 e. The summed E-state index contributed by atoms with van der Waals surface area (Å²) in [6.45, 7) is -0.463. The second kappa shape index (κ2) is 8.29. The normalized spacial score (nSPS) is 10.2. The van der Waals surface area contributed by atoms with Crippen molar-refractivity contribution in [2.24, 2.45) is 0 Å². The van der Waals surface area contributed by atoms with Gasteiger partial charge in [-0.1, -0.05) is 41.9 Å². The number of nitrogens with one attached hydrogen (secondary N) is 1.